The van der Waals surface area contributed by atoms with Gasteiger partial charge >= 0.3 is 0 Å². The van der Waals surface area contributed by atoms with E-state index in [2.05, 4.69) is 25.7 Å². The third-order valence-corrected chi connectivity index (χ3v) is 3.52. The third-order valence-electron chi connectivity index (χ3n) is 3.52. The maximum atomic E-state index is 12.1. The highest BCUT2D eigenvalue weighted by molar-refractivity contribution is 6.02. The minimum absolute atomic E-state index is 0.200. The van der Waals surface area contributed by atoms with Crippen LogP contribution in [0.5, 0.6) is 5.88 Å². The van der Waals surface area contributed by atoms with E-state index < -0.39 is 0 Å². The molecule has 116 valence electrons. The molecule has 0 spiro atoms. The van der Waals surface area contributed by atoms with Gasteiger partial charge in [0, 0.05) is 30.4 Å². The summed E-state index contributed by atoms with van der Waals surface area (Å²) < 4.78 is 10.4. The summed E-state index contributed by atoms with van der Waals surface area (Å²) in [5, 5.41) is 17.3. The van der Waals surface area contributed by atoms with Gasteiger partial charge in [-0.05, 0) is 18.9 Å². The number of hydrogen-bond donors (Lipinski definition) is 2. The number of anilines is 1. The summed E-state index contributed by atoms with van der Waals surface area (Å²) in [7, 11) is 1.49. The lowest BCUT2D eigenvalue weighted by molar-refractivity contribution is 0.0793. The fourth-order valence-electron chi connectivity index (χ4n) is 2.33. The van der Waals surface area contributed by atoms with Crippen LogP contribution in [0.25, 0.3) is 0 Å². The van der Waals surface area contributed by atoms with E-state index in [1.165, 1.54) is 7.11 Å². The van der Waals surface area contributed by atoms with E-state index in [1.54, 1.807) is 12.1 Å². The number of methoxy groups -OCH3 is 1. The number of H-pyrrole nitrogens is 1. The first-order valence-corrected chi connectivity index (χ1v) is 7.08. The number of amides is 1. The second kappa shape index (κ2) is 6.52. The Kier molecular flexibility index (Phi) is 4.29. The molecule has 0 aliphatic carbocycles. The smallest absolute Gasteiger partial charge is 0.277 e. The zero-order chi connectivity index (χ0) is 15.4. The molecular formula is C14H17N5O3. The molecule has 8 nitrogen and oxygen atoms in total. The van der Waals surface area contributed by atoms with Crippen LogP contribution < -0.4 is 10.1 Å². The lowest BCUT2D eigenvalue weighted by atomic mass is 9.99. The maximum Gasteiger partial charge on any atom is 0.277 e. The molecule has 1 fully saturated rings. The zero-order valence-electron chi connectivity index (χ0n) is 12.2. The monoisotopic (exact) mass is 303 g/mol. The summed E-state index contributed by atoms with van der Waals surface area (Å²) in [6, 6.07) is 4.95. The molecule has 1 aliphatic rings. The van der Waals surface area contributed by atoms with Crippen molar-refractivity contribution in [2.24, 2.45) is 0 Å². The molecule has 3 heterocycles. The quantitative estimate of drug-likeness (QED) is 0.884. The second-order valence-electron chi connectivity index (χ2n) is 5.04. The van der Waals surface area contributed by atoms with Crippen LogP contribution in [0, 0.1) is 0 Å². The van der Waals surface area contributed by atoms with Crippen LogP contribution in [0.2, 0.25) is 0 Å². The first-order chi connectivity index (χ1) is 10.8. The van der Waals surface area contributed by atoms with Gasteiger partial charge in [-0.15, -0.1) is 10.2 Å². The molecule has 1 aliphatic heterocycles. The van der Waals surface area contributed by atoms with Crippen LogP contribution in [-0.2, 0) is 4.74 Å². The van der Waals surface area contributed by atoms with Gasteiger partial charge in [0.25, 0.3) is 5.91 Å². The van der Waals surface area contributed by atoms with Gasteiger partial charge in [0.05, 0.1) is 13.7 Å². The van der Waals surface area contributed by atoms with Gasteiger partial charge in [0.1, 0.15) is 0 Å². The standard InChI is InChI=1S/C14H17N5O3/c1-21-13-5-4-10(16-19-13)14(20)15-12-7-11(17-18-12)9-3-2-6-22-8-9/h4-5,7,9H,2-3,6,8H2,1H3,(H2,15,17,18,20). The number of rotatable bonds is 4. The van der Waals surface area contributed by atoms with Gasteiger partial charge in [-0.1, -0.05) is 0 Å². The van der Waals surface area contributed by atoms with Gasteiger partial charge in [0.15, 0.2) is 11.5 Å². The van der Waals surface area contributed by atoms with Crippen LogP contribution in [0.15, 0.2) is 18.2 Å². The molecule has 8 heteroatoms. The summed E-state index contributed by atoms with van der Waals surface area (Å²) in [5.41, 5.74) is 1.17. The zero-order valence-corrected chi connectivity index (χ0v) is 12.2. The number of aromatic amines is 1. The molecule has 1 saturated heterocycles. The lowest BCUT2D eigenvalue weighted by Crippen LogP contribution is -2.16. The highest BCUT2D eigenvalue weighted by Gasteiger charge is 2.19. The minimum Gasteiger partial charge on any atom is -0.480 e. The van der Waals surface area contributed by atoms with Crippen molar-refractivity contribution in [3.63, 3.8) is 0 Å². The van der Waals surface area contributed by atoms with E-state index in [9.17, 15) is 4.79 Å². The molecule has 0 radical (unpaired) electrons. The Balaban J connectivity index is 1.64. The van der Waals surface area contributed by atoms with Gasteiger partial charge in [-0.3, -0.25) is 9.89 Å². The topological polar surface area (TPSA) is 102 Å². The van der Waals surface area contributed by atoms with E-state index in [4.69, 9.17) is 9.47 Å². The Morgan fingerprint density at radius 1 is 1.45 bits per heavy atom. The fourth-order valence-corrected chi connectivity index (χ4v) is 2.33. The maximum absolute atomic E-state index is 12.1. The minimum atomic E-state index is -0.368. The summed E-state index contributed by atoms with van der Waals surface area (Å²) in [5.74, 6) is 0.750. The molecule has 1 atom stereocenters. The summed E-state index contributed by atoms with van der Waals surface area (Å²) in [4.78, 5) is 12.1. The Hall–Kier alpha value is -2.48. The number of carbonyl (C=O) groups is 1. The second-order valence-corrected chi connectivity index (χ2v) is 5.04. The van der Waals surface area contributed by atoms with Crippen molar-refractivity contribution in [1.82, 2.24) is 20.4 Å². The molecule has 0 aromatic carbocycles. The molecule has 22 heavy (non-hydrogen) atoms. The van der Waals surface area contributed by atoms with Gasteiger partial charge in [-0.2, -0.15) is 5.10 Å². The van der Waals surface area contributed by atoms with Gasteiger partial charge in [-0.25, -0.2) is 0 Å². The highest BCUT2D eigenvalue weighted by Crippen LogP contribution is 2.25. The largest absolute Gasteiger partial charge is 0.480 e. The van der Waals surface area contributed by atoms with E-state index in [1.807, 2.05) is 6.07 Å². The average Bonchev–Trinajstić information content (AvgIpc) is 3.04. The average molecular weight is 303 g/mol. The summed E-state index contributed by atoms with van der Waals surface area (Å²) >= 11 is 0. The normalized spacial score (nSPS) is 18.0. The predicted octanol–water partition coefficient (Wildman–Crippen LogP) is 1.35. The van der Waals surface area contributed by atoms with Crippen molar-refractivity contribution >= 4 is 11.7 Å². The van der Waals surface area contributed by atoms with E-state index >= 15 is 0 Å². The number of hydrogen-bond acceptors (Lipinski definition) is 6. The Morgan fingerprint density at radius 2 is 2.36 bits per heavy atom. The first-order valence-electron chi connectivity index (χ1n) is 7.08. The number of carbonyl (C=O) groups excluding carboxylic acids is 1. The van der Waals surface area contributed by atoms with E-state index in [0.29, 0.717) is 24.2 Å². The molecule has 1 unspecified atom stereocenters. The number of ether oxygens (including phenoxy) is 2. The van der Waals surface area contributed by atoms with Crippen LogP contribution >= 0.6 is 0 Å². The number of nitrogens with zero attached hydrogens (tertiary/aromatic N) is 3. The first kappa shape index (κ1) is 14.5. The van der Waals surface area contributed by atoms with Gasteiger partial charge in [0.2, 0.25) is 5.88 Å². The van der Waals surface area contributed by atoms with Crippen molar-refractivity contribution in [2.75, 3.05) is 25.6 Å². The van der Waals surface area contributed by atoms with Crippen molar-refractivity contribution < 1.29 is 14.3 Å². The Bertz CT molecular complexity index is 634. The SMILES string of the molecule is COc1ccc(C(=O)Nc2cc(C3CCCOC3)[nH]n2)nn1. The van der Waals surface area contributed by atoms with Crippen LogP contribution in [0.1, 0.15) is 34.9 Å². The molecule has 2 aromatic rings. The summed E-state index contributed by atoms with van der Waals surface area (Å²) in [6.07, 6.45) is 2.09. The molecule has 0 bridgehead atoms. The fraction of sp³-hybridized carbons (Fsp3) is 0.429. The molecule has 2 aromatic heterocycles. The van der Waals surface area contributed by atoms with Crippen molar-refractivity contribution in [2.45, 2.75) is 18.8 Å². The van der Waals surface area contributed by atoms with Crippen LogP contribution in [0.4, 0.5) is 5.82 Å². The summed E-state index contributed by atoms with van der Waals surface area (Å²) in [6.45, 7) is 1.49. The van der Waals surface area contributed by atoms with Crippen LogP contribution in [-0.4, -0.2) is 46.6 Å². The molecule has 0 saturated carbocycles. The predicted molar refractivity (Wildman–Crippen MR) is 77.9 cm³/mol. The molecular weight excluding hydrogens is 286 g/mol. The molecule has 2 N–H and O–H groups in total. The third kappa shape index (κ3) is 3.22. The van der Waals surface area contributed by atoms with Crippen LogP contribution in [0.3, 0.4) is 0 Å². The van der Waals surface area contributed by atoms with Gasteiger partial charge < -0.3 is 14.8 Å². The number of aromatic nitrogens is 4. The van der Waals surface area contributed by atoms with Crippen molar-refractivity contribution in [3.8, 4) is 5.88 Å². The Labute approximate surface area is 127 Å². The molecule has 3 rings (SSSR count). The van der Waals surface area contributed by atoms with Crippen molar-refractivity contribution in [1.29, 1.82) is 0 Å². The Morgan fingerprint density at radius 3 is 3.05 bits per heavy atom. The molecule has 1 amide bonds. The highest BCUT2D eigenvalue weighted by atomic mass is 16.5. The van der Waals surface area contributed by atoms with E-state index in [0.717, 1.165) is 25.1 Å². The number of nitrogens with one attached hydrogen (secondary N) is 2. The van der Waals surface area contributed by atoms with Crippen molar-refractivity contribution in [3.05, 3.63) is 29.6 Å². The van der Waals surface area contributed by atoms with E-state index in [-0.39, 0.29) is 11.6 Å². The lowest BCUT2D eigenvalue weighted by Gasteiger charge is -2.20.